The molecular formula is C17H21N3O. The smallest absolute Gasteiger partial charge is 0.211 e. The number of hydrogen-bond acceptors (Lipinski definition) is 3. The minimum Gasteiger partial charge on any atom is -0.329 e. The Hall–Kier alpha value is -2.33. The van der Waals surface area contributed by atoms with E-state index in [0.29, 0.717) is 12.5 Å². The van der Waals surface area contributed by atoms with Gasteiger partial charge in [-0.2, -0.15) is 0 Å². The summed E-state index contributed by atoms with van der Waals surface area (Å²) in [4.78, 5) is 10.4. The van der Waals surface area contributed by atoms with Crippen molar-refractivity contribution in [1.29, 1.82) is 0 Å². The van der Waals surface area contributed by atoms with Crippen molar-refractivity contribution in [2.75, 3.05) is 10.7 Å². The summed E-state index contributed by atoms with van der Waals surface area (Å²) in [5.74, 6) is 0. The van der Waals surface area contributed by atoms with E-state index >= 15 is 0 Å². The minimum absolute atomic E-state index is 0.341. The highest BCUT2D eigenvalue weighted by Gasteiger charge is 2.02. The van der Waals surface area contributed by atoms with Gasteiger partial charge in [-0.1, -0.05) is 36.4 Å². The van der Waals surface area contributed by atoms with Gasteiger partial charge in [0.05, 0.1) is 5.69 Å². The predicted octanol–water partition coefficient (Wildman–Crippen LogP) is 3.19. The largest absolute Gasteiger partial charge is 0.329 e. The molecule has 0 saturated carbocycles. The number of carbonyl (C=O) groups is 1. The van der Waals surface area contributed by atoms with Gasteiger partial charge in [-0.25, -0.2) is 5.43 Å². The lowest BCUT2D eigenvalue weighted by molar-refractivity contribution is -0.105. The summed E-state index contributed by atoms with van der Waals surface area (Å²) in [5, 5.41) is 2.63. The Morgan fingerprint density at radius 3 is 2.57 bits per heavy atom. The van der Waals surface area contributed by atoms with Crippen LogP contribution in [0.3, 0.4) is 0 Å². The van der Waals surface area contributed by atoms with Crippen molar-refractivity contribution in [3.8, 4) is 0 Å². The van der Waals surface area contributed by atoms with Crippen LogP contribution in [0.5, 0.6) is 0 Å². The maximum Gasteiger partial charge on any atom is 0.211 e. The Morgan fingerprint density at radius 2 is 1.81 bits per heavy atom. The van der Waals surface area contributed by atoms with Crippen molar-refractivity contribution in [1.82, 2.24) is 5.43 Å². The SMILES string of the molecule is CC(CCc1ccccc1)NNc1cccc(NC=O)c1. The van der Waals surface area contributed by atoms with Gasteiger partial charge in [-0.15, -0.1) is 0 Å². The summed E-state index contributed by atoms with van der Waals surface area (Å²) >= 11 is 0. The zero-order valence-corrected chi connectivity index (χ0v) is 12.2. The third-order valence-corrected chi connectivity index (χ3v) is 3.26. The molecule has 0 bridgehead atoms. The molecule has 0 aromatic heterocycles. The molecule has 2 aromatic rings. The third-order valence-electron chi connectivity index (χ3n) is 3.26. The maximum absolute atomic E-state index is 10.4. The van der Waals surface area contributed by atoms with E-state index in [1.165, 1.54) is 5.56 Å². The summed E-state index contributed by atoms with van der Waals surface area (Å²) in [6.45, 7) is 2.14. The number of hydrogen-bond donors (Lipinski definition) is 3. The molecule has 2 rings (SSSR count). The van der Waals surface area contributed by atoms with E-state index in [0.717, 1.165) is 24.2 Å². The van der Waals surface area contributed by atoms with Crippen LogP contribution in [-0.4, -0.2) is 12.5 Å². The fourth-order valence-corrected chi connectivity index (χ4v) is 2.06. The van der Waals surface area contributed by atoms with Crippen LogP contribution in [0.15, 0.2) is 54.6 Å². The van der Waals surface area contributed by atoms with E-state index in [-0.39, 0.29) is 0 Å². The van der Waals surface area contributed by atoms with Crippen LogP contribution in [-0.2, 0) is 11.2 Å². The first-order valence-corrected chi connectivity index (χ1v) is 7.13. The Kier molecular flexibility index (Phi) is 5.79. The summed E-state index contributed by atoms with van der Waals surface area (Å²) in [5.41, 5.74) is 9.49. The highest BCUT2D eigenvalue weighted by molar-refractivity contribution is 5.73. The van der Waals surface area contributed by atoms with Crippen LogP contribution in [0.2, 0.25) is 0 Å². The number of nitrogens with one attached hydrogen (secondary N) is 3. The summed E-state index contributed by atoms with van der Waals surface area (Å²) in [6.07, 6.45) is 2.77. The Labute approximate surface area is 125 Å². The first-order valence-electron chi connectivity index (χ1n) is 7.13. The lowest BCUT2D eigenvalue weighted by Gasteiger charge is -2.16. The van der Waals surface area contributed by atoms with Gasteiger partial charge < -0.3 is 10.7 Å². The number of anilines is 2. The number of rotatable bonds is 8. The van der Waals surface area contributed by atoms with Gasteiger partial charge in [0.25, 0.3) is 0 Å². The number of carbonyl (C=O) groups excluding carboxylic acids is 1. The molecule has 4 nitrogen and oxygen atoms in total. The molecule has 2 aromatic carbocycles. The van der Waals surface area contributed by atoms with Gasteiger partial charge in [0.15, 0.2) is 0 Å². The molecule has 21 heavy (non-hydrogen) atoms. The van der Waals surface area contributed by atoms with E-state index in [2.05, 4.69) is 47.4 Å². The number of amides is 1. The van der Waals surface area contributed by atoms with Crippen molar-refractivity contribution in [2.45, 2.75) is 25.8 Å². The molecule has 0 aliphatic rings. The lowest BCUT2D eigenvalue weighted by Crippen LogP contribution is -2.31. The lowest BCUT2D eigenvalue weighted by atomic mass is 10.1. The molecule has 0 fully saturated rings. The molecule has 1 amide bonds. The Morgan fingerprint density at radius 1 is 1.05 bits per heavy atom. The zero-order valence-electron chi connectivity index (χ0n) is 12.2. The van der Waals surface area contributed by atoms with Crippen molar-refractivity contribution in [2.24, 2.45) is 0 Å². The van der Waals surface area contributed by atoms with Gasteiger partial charge in [0.1, 0.15) is 0 Å². The summed E-state index contributed by atoms with van der Waals surface area (Å²) < 4.78 is 0. The molecule has 0 radical (unpaired) electrons. The number of hydrazine groups is 1. The van der Waals surface area contributed by atoms with Crippen molar-refractivity contribution in [3.63, 3.8) is 0 Å². The van der Waals surface area contributed by atoms with Gasteiger partial charge in [0, 0.05) is 11.7 Å². The summed E-state index contributed by atoms with van der Waals surface area (Å²) in [7, 11) is 0. The van der Waals surface area contributed by atoms with E-state index < -0.39 is 0 Å². The molecule has 1 unspecified atom stereocenters. The summed E-state index contributed by atoms with van der Waals surface area (Å²) in [6, 6.07) is 18.4. The number of benzene rings is 2. The molecule has 0 aliphatic carbocycles. The molecular weight excluding hydrogens is 262 g/mol. The van der Waals surface area contributed by atoms with E-state index in [9.17, 15) is 4.79 Å². The monoisotopic (exact) mass is 283 g/mol. The van der Waals surface area contributed by atoms with Crippen LogP contribution in [0.4, 0.5) is 11.4 Å². The molecule has 0 spiro atoms. The molecule has 0 aliphatic heterocycles. The van der Waals surface area contributed by atoms with E-state index in [1.54, 1.807) is 0 Å². The Bertz CT molecular complexity index is 557. The first-order chi connectivity index (χ1) is 10.3. The van der Waals surface area contributed by atoms with E-state index in [1.807, 2.05) is 30.3 Å². The van der Waals surface area contributed by atoms with Crippen LogP contribution in [0.1, 0.15) is 18.9 Å². The normalized spacial score (nSPS) is 11.7. The van der Waals surface area contributed by atoms with Crippen molar-refractivity contribution < 1.29 is 4.79 Å². The molecule has 4 heteroatoms. The van der Waals surface area contributed by atoms with Gasteiger partial charge in [-0.3, -0.25) is 4.79 Å². The van der Waals surface area contributed by atoms with Crippen LogP contribution >= 0.6 is 0 Å². The van der Waals surface area contributed by atoms with E-state index in [4.69, 9.17) is 0 Å². The molecule has 110 valence electrons. The van der Waals surface area contributed by atoms with Gasteiger partial charge >= 0.3 is 0 Å². The second-order valence-electron chi connectivity index (χ2n) is 5.04. The second-order valence-corrected chi connectivity index (χ2v) is 5.04. The van der Waals surface area contributed by atoms with Gasteiger partial charge in [-0.05, 0) is 43.5 Å². The predicted molar refractivity (Wildman–Crippen MR) is 87.1 cm³/mol. The van der Waals surface area contributed by atoms with Crippen LogP contribution < -0.4 is 16.2 Å². The van der Waals surface area contributed by atoms with Crippen molar-refractivity contribution in [3.05, 3.63) is 60.2 Å². The van der Waals surface area contributed by atoms with Crippen molar-refractivity contribution >= 4 is 17.8 Å². The fourth-order valence-electron chi connectivity index (χ4n) is 2.06. The third kappa shape index (κ3) is 5.28. The highest BCUT2D eigenvalue weighted by Crippen LogP contribution is 2.13. The molecule has 1 atom stereocenters. The fraction of sp³-hybridized carbons (Fsp3) is 0.235. The Balaban J connectivity index is 1.77. The molecule has 0 saturated heterocycles. The first kappa shape index (κ1) is 15.1. The minimum atomic E-state index is 0.341. The topological polar surface area (TPSA) is 53.2 Å². The van der Waals surface area contributed by atoms with Crippen LogP contribution in [0.25, 0.3) is 0 Å². The van der Waals surface area contributed by atoms with Gasteiger partial charge in [0.2, 0.25) is 6.41 Å². The standard InChI is InChI=1S/C17H21N3O/c1-14(10-11-15-6-3-2-4-7-15)19-20-17-9-5-8-16(12-17)18-13-21/h2-9,12-14,19-20H,10-11H2,1H3,(H,18,21). The van der Waals surface area contributed by atoms with Crippen LogP contribution in [0, 0.1) is 0 Å². The zero-order chi connectivity index (χ0) is 14.9. The quantitative estimate of drug-likeness (QED) is 0.515. The molecule has 0 heterocycles. The highest BCUT2D eigenvalue weighted by atomic mass is 16.1. The average molecular weight is 283 g/mol. The molecule has 3 N–H and O–H groups in total. The number of aryl methyl sites for hydroxylation is 1. The average Bonchev–Trinajstić information content (AvgIpc) is 2.53. The maximum atomic E-state index is 10.4. The second kappa shape index (κ2) is 8.07.